The lowest BCUT2D eigenvalue weighted by molar-refractivity contribution is 1.41. The van der Waals surface area contributed by atoms with Crippen molar-refractivity contribution in [2.24, 2.45) is 0 Å². The van der Waals surface area contributed by atoms with Crippen LogP contribution in [-0.2, 0) is 0 Å². The van der Waals surface area contributed by atoms with Gasteiger partial charge in [-0.15, -0.1) is 6.42 Å². The summed E-state index contributed by atoms with van der Waals surface area (Å²) < 4.78 is 0. The molecular formula is C13H12. The fourth-order valence-electron chi connectivity index (χ4n) is 0.983. The minimum absolute atomic E-state index is 0.888. The number of hydrogen-bond acceptors (Lipinski definition) is 0. The molecule has 64 valence electrons. The summed E-state index contributed by atoms with van der Waals surface area (Å²) in [6, 6.07) is 10.2. The van der Waals surface area contributed by atoms with Crippen LogP contribution >= 0.6 is 0 Å². The third kappa shape index (κ3) is 3.98. The molecule has 1 aromatic carbocycles. The van der Waals surface area contributed by atoms with Crippen molar-refractivity contribution >= 4 is 6.08 Å². The molecule has 0 heteroatoms. The standard InChI is InChI=1S/C13H12/c1-2-3-4-5-7-10-13-11-8-6-9-12-13/h1,3-4,6-12H,5H2. The van der Waals surface area contributed by atoms with Crippen LogP contribution in [0.3, 0.4) is 0 Å². The largest absolute Gasteiger partial charge is 0.115 e. The first-order valence-electron chi connectivity index (χ1n) is 4.26. The van der Waals surface area contributed by atoms with Gasteiger partial charge in [0.05, 0.1) is 0 Å². The van der Waals surface area contributed by atoms with Gasteiger partial charge in [0.15, 0.2) is 0 Å². The molecule has 0 heterocycles. The van der Waals surface area contributed by atoms with Gasteiger partial charge in [-0.2, -0.15) is 0 Å². The van der Waals surface area contributed by atoms with Crippen molar-refractivity contribution in [3.8, 4) is 12.3 Å². The Balaban J connectivity index is 2.42. The van der Waals surface area contributed by atoms with Gasteiger partial charge in [-0.3, -0.25) is 0 Å². The molecule has 0 N–H and O–H groups in total. The SMILES string of the molecule is C#CC=CCC=Cc1ccccc1. The molecule has 0 radical (unpaired) electrons. The highest BCUT2D eigenvalue weighted by Crippen LogP contribution is 2.01. The van der Waals surface area contributed by atoms with Gasteiger partial charge < -0.3 is 0 Å². The Kier molecular flexibility index (Phi) is 4.21. The maximum atomic E-state index is 5.06. The highest BCUT2D eigenvalue weighted by atomic mass is 13.9. The quantitative estimate of drug-likeness (QED) is 0.607. The fraction of sp³-hybridized carbons (Fsp3) is 0.0769. The van der Waals surface area contributed by atoms with Crippen molar-refractivity contribution in [2.75, 3.05) is 0 Å². The number of benzene rings is 1. The van der Waals surface area contributed by atoms with Crippen molar-refractivity contribution in [1.82, 2.24) is 0 Å². The summed E-state index contributed by atoms with van der Waals surface area (Å²) in [4.78, 5) is 0. The van der Waals surface area contributed by atoms with E-state index in [0.29, 0.717) is 0 Å². The van der Waals surface area contributed by atoms with Crippen molar-refractivity contribution in [1.29, 1.82) is 0 Å². The molecule has 0 aliphatic carbocycles. The highest BCUT2D eigenvalue weighted by Gasteiger charge is 1.80. The van der Waals surface area contributed by atoms with Crippen LogP contribution in [-0.4, -0.2) is 0 Å². The van der Waals surface area contributed by atoms with Gasteiger partial charge in [0, 0.05) is 0 Å². The average Bonchev–Trinajstić information content (AvgIpc) is 2.19. The van der Waals surface area contributed by atoms with Crippen molar-refractivity contribution in [2.45, 2.75) is 6.42 Å². The van der Waals surface area contributed by atoms with Crippen LogP contribution in [0.2, 0.25) is 0 Å². The molecule has 0 aliphatic heterocycles. The second-order valence-corrected chi connectivity index (χ2v) is 2.62. The van der Waals surface area contributed by atoms with Crippen LogP contribution in [0.25, 0.3) is 6.08 Å². The highest BCUT2D eigenvalue weighted by molar-refractivity contribution is 5.48. The first-order valence-corrected chi connectivity index (χ1v) is 4.26. The van der Waals surface area contributed by atoms with Gasteiger partial charge in [0.2, 0.25) is 0 Å². The van der Waals surface area contributed by atoms with Crippen LogP contribution in [0.15, 0.2) is 48.6 Å². The Bertz CT molecular complexity index is 323. The van der Waals surface area contributed by atoms with Crippen LogP contribution in [0.5, 0.6) is 0 Å². The van der Waals surface area contributed by atoms with Gasteiger partial charge in [-0.05, 0) is 18.1 Å². The number of terminal acetylenes is 1. The summed E-state index contributed by atoms with van der Waals surface area (Å²) in [5, 5.41) is 0. The van der Waals surface area contributed by atoms with Crippen molar-refractivity contribution in [3.63, 3.8) is 0 Å². The van der Waals surface area contributed by atoms with E-state index in [9.17, 15) is 0 Å². The summed E-state index contributed by atoms with van der Waals surface area (Å²) in [5.74, 6) is 2.45. The molecular weight excluding hydrogens is 156 g/mol. The molecule has 0 bridgehead atoms. The summed E-state index contributed by atoms with van der Waals surface area (Å²) in [6.07, 6.45) is 13.8. The molecule has 1 aromatic rings. The minimum atomic E-state index is 0.888. The monoisotopic (exact) mass is 168 g/mol. The van der Waals surface area contributed by atoms with Crippen molar-refractivity contribution < 1.29 is 0 Å². The third-order valence-corrected chi connectivity index (χ3v) is 1.60. The molecule has 13 heavy (non-hydrogen) atoms. The van der Waals surface area contributed by atoms with E-state index in [2.05, 4.69) is 30.2 Å². The first-order chi connectivity index (χ1) is 6.43. The molecule has 1 rings (SSSR count). The summed E-state index contributed by atoms with van der Waals surface area (Å²) in [7, 11) is 0. The van der Waals surface area contributed by atoms with E-state index in [4.69, 9.17) is 6.42 Å². The smallest absolute Gasteiger partial charge is 0.0156 e. The third-order valence-electron chi connectivity index (χ3n) is 1.60. The molecule has 0 aromatic heterocycles. The summed E-state index contributed by atoms with van der Waals surface area (Å²) in [6.45, 7) is 0. The molecule has 0 spiro atoms. The Morgan fingerprint density at radius 1 is 1.15 bits per heavy atom. The second-order valence-electron chi connectivity index (χ2n) is 2.62. The molecule has 0 atom stereocenters. The van der Waals surface area contributed by atoms with E-state index in [0.717, 1.165) is 6.42 Å². The maximum absolute atomic E-state index is 5.06. The predicted molar refractivity (Wildman–Crippen MR) is 58.1 cm³/mol. The average molecular weight is 168 g/mol. The minimum Gasteiger partial charge on any atom is -0.115 e. The topological polar surface area (TPSA) is 0 Å². The fourth-order valence-corrected chi connectivity index (χ4v) is 0.983. The zero-order valence-electron chi connectivity index (χ0n) is 7.48. The Morgan fingerprint density at radius 3 is 2.62 bits per heavy atom. The molecule has 0 nitrogen and oxygen atoms in total. The van der Waals surface area contributed by atoms with Crippen LogP contribution < -0.4 is 0 Å². The first kappa shape index (κ1) is 9.35. The lowest BCUT2D eigenvalue weighted by atomic mass is 10.2. The lowest BCUT2D eigenvalue weighted by Crippen LogP contribution is -1.67. The molecule has 0 saturated heterocycles. The number of hydrogen-bond donors (Lipinski definition) is 0. The van der Waals surface area contributed by atoms with Gasteiger partial charge in [0.25, 0.3) is 0 Å². The lowest BCUT2D eigenvalue weighted by Gasteiger charge is -1.89. The van der Waals surface area contributed by atoms with E-state index in [1.807, 2.05) is 24.3 Å². The Hall–Kier alpha value is -1.74. The van der Waals surface area contributed by atoms with E-state index in [1.54, 1.807) is 6.08 Å². The molecule has 0 amide bonds. The van der Waals surface area contributed by atoms with Crippen LogP contribution in [0.1, 0.15) is 12.0 Å². The molecule has 0 fully saturated rings. The summed E-state index contributed by atoms with van der Waals surface area (Å²) in [5.41, 5.74) is 1.22. The van der Waals surface area contributed by atoms with Gasteiger partial charge in [-0.25, -0.2) is 0 Å². The molecule has 0 saturated carbocycles. The number of allylic oxidation sites excluding steroid dienone is 3. The van der Waals surface area contributed by atoms with Gasteiger partial charge in [-0.1, -0.05) is 54.5 Å². The Labute approximate surface area is 79.6 Å². The second kappa shape index (κ2) is 5.85. The summed E-state index contributed by atoms with van der Waals surface area (Å²) >= 11 is 0. The van der Waals surface area contributed by atoms with Gasteiger partial charge >= 0.3 is 0 Å². The maximum Gasteiger partial charge on any atom is -0.0156 e. The van der Waals surface area contributed by atoms with E-state index >= 15 is 0 Å². The van der Waals surface area contributed by atoms with Crippen LogP contribution in [0, 0.1) is 12.3 Å². The van der Waals surface area contributed by atoms with E-state index < -0.39 is 0 Å². The number of rotatable bonds is 3. The normalized spacial score (nSPS) is 10.7. The molecule has 0 unspecified atom stereocenters. The Morgan fingerprint density at radius 2 is 1.92 bits per heavy atom. The zero-order valence-corrected chi connectivity index (χ0v) is 7.48. The van der Waals surface area contributed by atoms with E-state index in [-0.39, 0.29) is 0 Å². The molecule has 0 aliphatic rings. The van der Waals surface area contributed by atoms with Gasteiger partial charge in [0.1, 0.15) is 0 Å². The van der Waals surface area contributed by atoms with Crippen LogP contribution in [0.4, 0.5) is 0 Å². The zero-order chi connectivity index (χ0) is 9.36. The van der Waals surface area contributed by atoms with E-state index in [1.165, 1.54) is 5.56 Å². The van der Waals surface area contributed by atoms with Crippen molar-refractivity contribution in [3.05, 3.63) is 54.1 Å². The predicted octanol–water partition coefficient (Wildman–Crippen LogP) is 3.28.